The first kappa shape index (κ1) is 20.2. The zero-order valence-electron chi connectivity index (χ0n) is 15.8. The molecule has 138 valence electrons. The first-order valence-corrected chi connectivity index (χ1v) is 9.70. The summed E-state index contributed by atoms with van der Waals surface area (Å²) in [6, 6.07) is 14.1. The highest BCUT2D eigenvalue weighted by atomic mass is 79.9. The standard InChI is InChI=1S/C22H26BrNO2/c1-5-26-22(25)20(19-10-7-11-21(23)16(19)4)14-24-18-9-6-8-17(13-18)12-15(2)3/h6-11,13-15,24H,5,12H2,1-4H3/b20-14-. The van der Waals surface area contributed by atoms with Gasteiger partial charge in [0.15, 0.2) is 0 Å². The SMILES string of the molecule is CCOC(=O)/C(=C\Nc1cccc(CC(C)C)c1)c1cccc(Br)c1C. The second-order valence-corrected chi connectivity index (χ2v) is 7.49. The third-order valence-electron chi connectivity index (χ3n) is 4.01. The summed E-state index contributed by atoms with van der Waals surface area (Å²) in [5, 5.41) is 3.26. The molecule has 0 fully saturated rings. The van der Waals surface area contributed by atoms with Gasteiger partial charge < -0.3 is 10.1 Å². The van der Waals surface area contributed by atoms with Crippen molar-refractivity contribution in [2.75, 3.05) is 11.9 Å². The van der Waals surface area contributed by atoms with Gasteiger partial charge in [0, 0.05) is 16.4 Å². The Balaban J connectivity index is 2.34. The van der Waals surface area contributed by atoms with E-state index in [0.717, 1.165) is 27.7 Å². The Morgan fingerprint density at radius 2 is 1.96 bits per heavy atom. The molecule has 0 aliphatic carbocycles. The van der Waals surface area contributed by atoms with Gasteiger partial charge in [0.25, 0.3) is 0 Å². The Hall–Kier alpha value is -2.07. The van der Waals surface area contributed by atoms with E-state index in [9.17, 15) is 4.79 Å². The molecule has 3 nitrogen and oxygen atoms in total. The first-order chi connectivity index (χ1) is 12.4. The number of carbonyl (C=O) groups is 1. The van der Waals surface area contributed by atoms with Crippen molar-refractivity contribution >= 4 is 33.2 Å². The van der Waals surface area contributed by atoms with E-state index in [0.29, 0.717) is 18.1 Å². The lowest BCUT2D eigenvalue weighted by atomic mass is 10.0. The minimum absolute atomic E-state index is 0.334. The van der Waals surface area contributed by atoms with Crippen LogP contribution in [0.15, 0.2) is 53.1 Å². The van der Waals surface area contributed by atoms with Crippen LogP contribution in [-0.2, 0) is 16.0 Å². The molecule has 2 aromatic rings. The Labute approximate surface area is 164 Å². The highest BCUT2D eigenvalue weighted by Crippen LogP contribution is 2.26. The lowest BCUT2D eigenvalue weighted by molar-refractivity contribution is -0.136. The second kappa shape index (κ2) is 9.58. The molecular formula is C22H26BrNO2. The van der Waals surface area contributed by atoms with E-state index in [1.54, 1.807) is 6.20 Å². The van der Waals surface area contributed by atoms with E-state index >= 15 is 0 Å². The number of anilines is 1. The van der Waals surface area contributed by atoms with Gasteiger partial charge >= 0.3 is 5.97 Å². The van der Waals surface area contributed by atoms with E-state index in [4.69, 9.17) is 4.74 Å². The third kappa shape index (κ3) is 5.46. The van der Waals surface area contributed by atoms with E-state index in [1.807, 2.05) is 44.2 Å². The zero-order chi connectivity index (χ0) is 19.1. The molecule has 2 rings (SSSR count). The number of hydrogen-bond acceptors (Lipinski definition) is 3. The maximum Gasteiger partial charge on any atom is 0.340 e. The van der Waals surface area contributed by atoms with Crippen LogP contribution < -0.4 is 5.32 Å². The van der Waals surface area contributed by atoms with Crippen molar-refractivity contribution in [1.29, 1.82) is 0 Å². The van der Waals surface area contributed by atoms with Crippen molar-refractivity contribution in [3.05, 3.63) is 69.8 Å². The number of nitrogens with one attached hydrogen (secondary N) is 1. The van der Waals surface area contributed by atoms with Crippen LogP contribution in [0, 0.1) is 12.8 Å². The van der Waals surface area contributed by atoms with Gasteiger partial charge in [0.05, 0.1) is 12.2 Å². The number of rotatable bonds is 7. The molecule has 0 heterocycles. The van der Waals surface area contributed by atoms with E-state index in [2.05, 4.69) is 47.2 Å². The molecule has 0 saturated carbocycles. The van der Waals surface area contributed by atoms with E-state index in [1.165, 1.54) is 5.56 Å². The monoisotopic (exact) mass is 415 g/mol. The van der Waals surface area contributed by atoms with Crippen molar-refractivity contribution in [2.45, 2.75) is 34.1 Å². The molecule has 26 heavy (non-hydrogen) atoms. The van der Waals surface area contributed by atoms with E-state index in [-0.39, 0.29) is 5.97 Å². The molecule has 4 heteroatoms. The Morgan fingerprint density at radius 1 is 1.23 bits per heavy atom. The van der Waals surface area contributed by atoms with Gasteiger partial charge in [-0.25, -0.2) is 4.79 Å². The van der Waals surface area contributed by atoms with Gasteiger partial charge in [-0.15, -0.1) is 0 Å². The number of benzene rings is 2. The van der Waals surface area contributed by atoms with Crippen LogP contribution in [0.1, 0.15) is 37.5 Å². The zero-order valence-corrected chi connectivity index (χ0v) is 17.4. The molecule has 0 radical (unpaired) electrons. The van der Waals surface area contributed by atoms with E-state index < -0.39 is 0 Å². The topological polar surface area (TPSA) is 38.3 Å². The summed E-state index contributed by atoms with van der Waals surface area (Å²) in [5.41, 5.74) is 4.60. The molecule has 0 aromatic heterocycles. The van der Waals surface area contributed by atoms with Gasteiger partial charge in [-0.1, -0.05) is 54.0 Å². The fraction of sp³-hybridized carbons (Fsp3) is 0.318. The van der Waals surface area contributed by atoms with Crippen molar-refractivity contribution in [1.82, 2.24) is 0 Å². The summed E-state index contributed by atoms with van der Waals surface area (Å²) in [6.07, 6.45) is 2.76. The summed E-state index contributed by atoms with van der Waals surface area (Å²) in [6.45, 7) is 8.54. The fourth-order valence-electron chi connectivity index (χ4n) is 2.77. The average Bonchev–Trinajstić information content (AvgIpc) is 2.58. The molecule has 0 spiro atoms. The first-order valence-electron chi connectivity index (χ1n) is 8.90. The highest BCUT2D eigenvalue weighted by Gasteiger charge is 2.16. The Morgan fingerprint density at radius 3 is 2.65 bits per heavy atom. The number of halogens is 1. The number of hydrogen-bond donors (Lipinski definition) is 1. The molecule has 0 amide bonds. The Kier molecular flexibility index (Phi) is 7.46. The molecule has 0 saturated heterocycles. The highest BCUT2D eigenvalue weighted by molar-refractivity contribution is 9.10. The van der Waals surface area contributed by atoms with Crippen molar-refractivity contribution in [3.63, 3.8) is 0 Å². The number of carbonyl (C=O) groups excluding carboxylic acids is 1. The molecule has 0 aliphatic heterocycles. The fourth-order valence-corrected chi connectivity index (χ4v) is 3.14. The lowest BCUT2D eigenvalue weighted by Gasteiger charge is -2.13. The maximum absolute atomic E-state index is 12.5. The van der Waals surface area contributed by atoms with Crippen LogP contribution in [0.3, 0.4) is 0 Å². The summed E-state index contributed by atoms with van der Waals surface area (Å²) in [4.78, 5) is 12.5. The maximum atomic E-state index is 12.5. The molecule has 0 atom stereocenters. The smallest absolute Gasteiger partial charge is 0.340 e. The van der Waals surface area contributed by atoms with Crippen LogP contribution in [-0.4, -0.2) is 12.6 Å². The number of ether oxygens (including phenoxy) is 1. The summed E-state index contributed by atoms with van der Waals surface area (Å²) >= 11 is 3.53. The van der Waals surface area contributed by atoms with Crippen LogP contribution in [0.25, 0.3) is 5.57 Å². The minimum atomic E-state index is -0.334. The molecule has 2 aromatic carbocycles. The van der Waals surface area contributed by atoms with Crippen molar-refractivity contribution in [2.24, 2.45) is 5.92 Å². The quantitative estimate of drug-likeness (QED) is 0.446. The third-order valence-corrected chi connectivity index (χ3v) is 4.87. The normalized spacial score (nSPS) is 11.5. The van der Waals surface area contributed by atoms with Gasteiger partial charge in [-0.2, -0.15) is 0 Å². The summed E-state index contributed by atoms with van der Waals surface area (Å²) < 4.78 is 6.22. The van der Waals surface area contributed by atoms with Gasteiger partial charge in [0.2, 0.25) is 0 Å². The molecule has 1 N–H and O–H groups in total. The van der Waals surface area contributed by atoms with Gasteiger partial charge in [0.1, 0.15) is 0 Å². The average molecular weight is 416 g/mol. The lowest BCUT2D eigenvalue weighted by Crippen LogP contribution is -2.10. The van der Waals surface area contributed by atoms with Crippen molar-refractivity contribution < 1.29 is 9.53 Å². The van der Waals surface area contributed by atoms with Gasteiger partial charge in [-0.3, -0.25) is 0 Å². The number of esters is 1. The van der Waals surface area contributed by atoms with Crippen LogP contribution in [0.4, 0.5) is 5.69 Å². The van der Waals surface area contributed by atoms with Crippen molar-refractivity contribution in [3.8, 4) is 0 Å². The minimum Gasteiger partial charge on any atom is -0.462 e. The molecule has 0 bridgehead atoms. The van der Waals surface area contributed by atoms with Gasteiger partial charge in [-0.05, 0) is 61.1 Å². The second-order valence-electron chi connectivity index (χ2n) is 6.63. The molecule has 0 aliphatic rings. The Bertz CT molecular complexity index is 796. The largest absolute Gasteiger partial charge is 0.462 e. The van der Waals surface area contributed by atoms with Crippen LogP contribution >= 0.6 is 15.9 Å². The predicted molar refractivity (Wildman–Crippen MR) is 112 cm³/mol. The summed E-state index contributed by atoms with van der Waals surface area (Å²) in [7, 11) is 0. The van der Waals surface area contributed by atoms with Crippen LogP contribution in [0.2, 0.25) is 0 Å². The molecular weight excluding hydrogens is 390 g/mol. The van der Waals surface area contributed by atoms with Crippen LogP contribution in [0.5, 0.6) is 0 Å². The summed E-state index contributed by atoms with van der Waals surface area (Å²) in [5.74, 6) is 0.264. The molecule has 0 unspecified atom stereocenters. The predicted octanol–water partition coefficient (Wildman–Crippen LogP) is 5.97.